The molecule has 0 saturated heterocycles. The number of benzene rings is 1. The number of aromatic carboxylic acids is 1. The van der Waals surface area contributed by atoms with Crippen LogP contribution in [0, 0.1) is 0 Å². The molecule has 0 aliphatic carbocycles. The molecule has 0 fully saturated rings. The van der Waals surface area contributed by atoms with Gasteiger partial charge in [-0.3, -0.25) is 4.72 Å². The number of aromatic nitrogens is 1. The molecule has 0 unspecified atom stereocenters. The Kier molecular flexibility index (Phi) is 3.59. The number of hydrogen-bond acceptors (Lipinski definition) is 4. The Morgan fingerprint density at radius 3 is 2.73 bits per heavy atom. The molecule has 9 heteroatoms. The molecule has 22 heavy (non-hydrogen) atoms. The maximum absolute atomic E-state index is 12.3. The van der Waals surface area contributed by atoms with Gasteiger partial charge >= 0.3 is 5.97 Å². The lowest BCUT2D eigenvalue weighted by atomic mass is 10.2. The number of thiophene rings is 1. The zero-order chi connectivity index (χ0) is 15.9. The van der Waals surface area contributed by atoms with Gasteiger partial charge in [0.25, 0.3) is 10.0 Å². The number of anilines is 1. The molecule has 2 aromatic heterocycles. The second-order valence-corrected chi connectivity index (χ2v) is 7.68. The van der Waals surface area contributed by atoms with Gasteiger partial charge in [-0.25, -0.2) is 13.2 Å². The lowest BCUT2D eigenvalue weighted by Gasteiger charge is -2.09. The van der Waals surface area contributed by atoms with E-state index >= 15 is 0 Å². The second-order valence-electron chi connectivity index (χ2n) is 4.41. The number of sulfonamides is 1. The molecule has 0 aliphatic rings. The van der Waals surface area contributed by atoms with Crippen molar-refractivity contribution < 1.29 is 18.3 Å². The number of H-pyrrole nitrogens is 1. The number of halogens is 1. The lowest BCUT2D eigenvalue weighted by Crippen LogP contribution is -2.12. The third kappa shape index (κ3) is 2.56. The summed E-state index contributed by atoms with van der Waals surface area (Å²) in [5.41, 5.74) is 0.402. The van der Waals surface area contributed by atoms with Crippen molar-refractivity contribution in [3.05, 3.63) is 46.4 Å². The number of carbonyl (C=O) groups is 1. The van der Waals surface area contributed by atoms with E-state index in [1.54, 1.807) is 17.5 Å². The zero-order valence-corrected chi connectivity index (χ0v) is 13.2. The third-order valence-electron chi connectivity index (χ3n) is 2.97. The molecule has 0 bridgehead atoms. The highest BCUT2D eigenvalue weighted by Crippen LogP contribution is 2.33. The van der Waals surface area contributed by atoms with E-state index in [-0.39, 0.29) is 20.6 Å². The van der Waals surface area contributed by atoms with Gasteiger partial charge in [-0.1, -0.05) is 23.7 Å². The van der Waals surface area contributed by atoms with Crippen molar-refractivity contribution in [1.82, 2.24) is 4.98 Å². The van der Waals surface area contributed by atoms with Gasteiger partial charge in [0.05, 0.1) is 16.2 Å². The summed E-state index contributed by atoms with van der Waals surface area (Å²) in [5.74, 6) is -1.14. The van der Waals surface area contributed by atoms with Crippen molar-refractivity contribution in [1.29, 1.82) is 0 Å². The van der Waals surface area contributed by atoms with E-state index < -0.39 is 16.0 Å². The number of carboxylic acid groups (broad SMARTS) is 1. The third-order valence-corrected chi connectivity index (χ3v) is 6.04. The summed E-state index contributed by atoms with van der Waals surface area (Å²) < 4.78 is 27.2. The Morgan fingerprint density at radius 1 is 1.32 bits per heavy atom. The van der Waals surface area contributed by atoms with Crippen molar-refractivity contribution in [2.24, 2.45) is 0 Å². The monoisotopic (exact) mass is 356 g/mol. The maximum atomic E-state index is 12.3. The SMILES string of the molecule is O=C(O)c1cc2ccc(Cl)c(NS(=O)(=O)c3cccs3)c2[nH]1. The molecule has 0 saturated carbocycles. The minimum absolute atomic E-state index is 0.0474. The average molecular weight is 357 g/mol. The molecule has 0 radical (unpaired) electrons. The van der Waals surface area contributed by atoms with E-state index in [9.17, 15) is 13.2 Å². The van der Waals surface area contributed by atoms with Crippen LogP contribution in [0.15, 0.2) is 39.9 Å². The molecule has 1 aromatic carbocycles. The molecule has 3 rings (SSSR count). The minimum Gasteiger partial charge on any atom is -0.477 e. The van der Waals surface area contributed by atoms with Crippen LogP contribution in [-0.2, 0) is 10.0 Å². The van der Waals surface area contributed by atoms with Gasteiger partial charge in [-0.15, -0.1) is 11.3 Å². The van der Waals surface area contributed by atoms with Crippen LogP contribution in [-0.4, -0.2) is 24.5 Å². The molecule has 0 amide bonds. The average Bonchev–Trinajstić information content (AvgIpc) is 3.10. The molecule has 0 aliphatic heterocycles. The lowest BCUT2D eigenvalue weighted by molar-refractivity contribution is 0.0691. The first-order valence-corrected chi connectivity index (χ1v) is 8.73. The summed E-state index contributed by atoms with van der Waals surface area (Å²) >= 11 is 7.14. The molecule has 3 N–H and O–H groups in total. The molecule has 3 aromatic rings. The second kappa shape index (κ2) is 5.31. The largest absolute Gasteiger partial charge is 0.477 e. The Hall–Kier alpha value is -2.03. The smallest absolute Gasteiger partial charge is 0.352 e. The Labute approximate surface area is 134 Å². The van der Waals surface area contributed by atoms with E-state index in [2.05, 4.69) is 9.71 Å². The highest BCUT2D eigenvalue weighted by Gasteiger charge is 2.20. The van der Waals surface area contributed by atoms with Gasteiger partial charge < -0.3 is 10.1 Å². The quantitative estimate of drug-likeness (QED) is 0.667. The summed E-state index contributed by atoms with van der Waals surface area (Å²) in [5, 5.41) is 11.4. The summed E-state index contributed by atoms with van der Waals surface area (Å²) in [6.07, 6.45) is 0. The maximum Gasteiger partial charge on any atom is 0.352 e. The summed E-state index contributed by atoms with van der Waals surface area (Å²) in [7, 11) is -3.78. The van der Waals surface area contributed by atoms with Gasteiger partial charge in [0, 0.05) is 5.39 Å². The number of fused-ring (bicyclic) bond motifs is 1. The predicted octanol–water partition coefficient (Wildman–Crippen LogP) is 3.38. The Balaban J connectivity index is 2.14. The van der Waals surface area contributed by atoms with Gasteiger partial charge in [0.1, 0.15) is 9.90 Å². The summed E-state index contributed by atoms with van der Waals surface area (Å²) in [4.78, 5) is 13.7. The van der Waals surface area contributed by atoms with Crippen molar-refractivity contribution in [2.45, 2.75) is 4.21 Å². The predicted molar refractivity (Wildman–Crippen MR) is 85.4 cm³/mol. The molecule has 0 atom stereocenters. The van der Waals surface area contributed by atoms with Crippen molar-refractivity contribution >= 4 is 55.5 Å². The highest BCUT2D eigenvalue weighted by atomic mass is 35.5. The van der Waals surface area contributed by atoms with Crippen LogP contribution in [0.5, 0.6) is 0 Å². The fourth-order valence-corrected chi connectivity index (χ4v) is 4.34. The summed E-state index contributed by atoms with van der Waals surface area (Å²) in [6, 6.07) is 7.63. The fraction of sp³-hybridized carbons (Fsp3) is 0. The molecular formula is C13H9ClN2O4S2. The first-order chi connectivity index (χ1) is 10.4. The van der Waals surface area contributed by atoms with Gasteiger partial charge in [-0.2, -0.15) is 0 Å². The Bertz CT molecular complexity index is 962. The van der Waals surface area contributed by atoms with Crippen LogP contribution >= 0.6 is 22.9 Å². The van der Waals surface area contributed by atoms with E-state index in [4.69, 9.17) is 16.7 Å². The zero-order valence-electron chi connectivity index (χ0n) is 10.8. The highest BCUT2D eigenvalue weighted by molar-refractivity contribution is 7.94. The minimum atomic E-state index is -3.78. The summed E-state index contributed by atoms with van der Waals surface area (Å²) in [6.45, 7) is 0. The topological polar surface area (TPSA) is 99.3 Å². The van der Waals surface area contributed by atoms with Crippen LogP contribution in [0.25, 0.3) is 10.9 Å². The number of nitrogens with one attached hydrogen (secondary N) is 2. The van der Waals surface area contributed by atoms with Crippen LogP contribution in [0.1, 0.15) is 10.5 Å². The van der Waals surface area contributed by atoms with E-state index in [1.807, 2.05) is 0 Å². The first kappa shape index (κ1) is 14.9. The Morgan fingerprint density at radius 2 is 2.09 bits per heavy atom. The fourth-order valence-electron chi connectivity index (χ4n) is 1.99. The van der Waals surface area contributed by atoms with Gasteiger partial charge in [-0.05, 0) is 23.6 Å². The van der Waals surface area contributed by atoms with Crippen molar-refractivity contribution in [3.63, 3.8) is 0 Å². The molecule has 2 heterocycles. The number of carboxylic acids is 1. The molecule has 6 nitrogen and oxygen atoms in total. The standard InChI is InChI=1S/C13H9ClN2O4S2/c14-8-4-3-7-6-9(13(17)18)15-11(7)12(8)16-22(19,20)10-2-1-5-21-10/h1-6,15-16H,(H,17,18). The van der Waals surface area contributed by atoms with Crippen LogP contribution in [0.4, 0.5) is 5.69 Å². The van der Waals surface area contributed by atoms with Crippen LogP contribution in [0.2, 0.25) is 5.02 Å². The van der Waals surface area contributed by atoms with Gasteiger partial charge in [0.2, 0.25) is 0 Å². The van der Waals surface area contributed by atoms with Crippen molar-refractivity contribution in [3.8, 4) is 0 Å². The molecule has 114 valence electrons. The van der Waals surface area contributed by atoms with E-state index in [0.29, 0.717) is 10.9 Å². The molecular weight excluding hydrogens is 348 g/mol. The number of rotatable bonds is 4. The number of aromatic amines is 1. The normalized spacial score (nSPS) is 11.7. The van der Waals surface area contributed by atoms with Crippen LogP contribution < -0.4 is 4.72 Å². The van der Waals surface area contributed by atoms with Gasteiger partial charge in [0.15, 0.2) is 0 Å². The molecule has 0 spiro atoms. The van der Waals surface area contributed by atoms with Crippen LogP contribution in [0.3, 0.4) is 0 Å². The van der Waals surface area contributed by atoms with E-state index in [0.717, 1.165) is 11.3 Å². The first-order valence-electron chi connectivity index (χ1n) is 5.99. The number of hydrogen-bond donors (Lipinski definition) is 3. The van der Waals surface area contributed by atoms with Crippen molar-refractivity contribution in [2.75, 3.05) is 4.72 Å². The van der Waals surface area contributed by atoms with E-state index in [1.165, 1.54) is 18.2 Å².